The van der Waals surface area contributed by atoms with Crippen LogP contribution < -0.4 is 0 Å². The van der Waals surface area contributed by atoms with Crippen molar-refractivity contribution in [2.24, 2.45) is 11.8 Å². The first-order valence-corrected chi connectivity index (χ1v) is 7.89. The van der Waals surface area contributed by atoms with Crippen molar-refractivity contribution in [1.29, 1.82) is 0 Å². The Balaban J connectivity index is 1.53. The first-order valence-electron chi connectivity index (χ1n) is 7.89. The summed E-state index contributed by atoms with van der Waals surface area (Å²) in [6.07, 6.45) is 7.74. The van der Waals surface area contributed by atoms with Crippen molar-refractivity contribution in [1.82, 2.24) is 19.8 Å². The molecule has 0 bridgehead atoms. The van der Waals surface area contributed by atoms with Crippen LogP contribution in [-0.4, -0.2) is 64.2 Å². The average molecular weight is 278 g/mol. The van der Waals surface area contributed by atoms with Gasteiger partial charge >= 0.3 is 0 Å². The molecule has 5 heteroatoms. The van der Waals surface area contributed by atoms with E-state index in [1.165, 1.54) is 32.4 Å². The van der Waals surface area contributed by atoms with Crippen molar-refractivity contribution in [3.63, 3.8) is 0 Å². The first-order chi connectivity index (χ1) is 9.85. The van der Waals surface area contributed by atoms with Crippen molar-refractivity contribution >= 4 is 0 Å². The Morgan fingerprint density at radius 1 is 1.15 bits per heavy atom. The van der Waals surface area contributed by atoms with Crippen LogP contribution in [0.2, 0.25) is 0 Å². The van der Waals surface area contributed by atoms with Crippen molar-refractivity contribution < 1.29 is 5.11 Å². The molecule has 2 fully saturated rings. The monoisotopic (exact) mass is 278 g/mol. The van der Waals surface area contributed by atoms with Crippen LogP contribution in [0, 0.1) is 11.8 Å². The zero-order valence-corrected chi connectivity index (χ0v) is 12.2. The zero-order chi connectivity index (χ0) is 13.8. The third-order valence-corrected chi connectivity index (χ3v) is 4.76. The number of aromatic nitrogens is 2. The van der Waals surface area contributed by atoms with E-state index in [0.717, 1.165) is 32.0 Å². The number of aliphatic hydroxyl groups excluding tert-OH is 1. The van der Waals surface area contributed by atoms with Gasteiger partial charge in [-0.2, -0.15) is 0 Å². The maximum atomic E-state index is 9.64. The number of aromatic amines is 1. The smallest absolute Gasteiger partial charge is 0.120 e. The second-order valence-corrected chi connectivity index (χ2v) is 6.29. The van der Waals surface area contributed by atoms with E-state index in [4.69, 9.17) is 0 Å². The van der Waals surface area contributed by atoms with Gasteiger partial charge in [0.05, 0.1) is 6.54 Å². The lowest BCUT2D eigenvalue weighted by Crippen LogP contribution is -2.37. The van der Waals surface area contributed by atoms with Crippen LogP contribution in [0.4, 0.5) is 0 Å². The fourth-order valence-corrected chi connectivity index (χ4v) is 3.65. The van der Waals surface area contributed by atoms with Gasteiger partial charge in [-0.05, 0) is 37.8 Å². The minimum atomic E-state index is 0.313. The summed E-state index contributed by atoms with van der Waals surface area (Å²) >= 11 is 0. The quantitative estimate of drug-likeness (QED) is 0.841. The average Bonchev–Trinajstić information content (AvgIpc) is 3.10. The van der Waals surface area contributed by atoms with Crippen LogP contribution in [0.15, 0.2) is 12.4 Å². The lowest BCUT2D eigenvalue weighted by molar-refractivity contribution is 0.149. The van der Waals surface area contributed by atoms with Gasteiger partial charge in [0, 0.05) is 38.6 Å². The molecule has 3 heterocycles. The summed E-state index contributed by atoms with van der Waals surface area (Å²) in [6, 6.07) is 0. The highest BCUT2D eigenvalue weighted by Crippen LogP contribution is 2.26. The zero-order valence-electron chi connectivity index (χ0n) is 12.2. The van der Waals surface area contributed by atoms with E-state index in [-0.39, 0.29) is 0 Å². The molecule has 0 amide bonds. The fourth-order valence-electron chi connectivity index (χ4n) is 3.65. The lowest BCUT2D eigenvalue weighted by atomic mass is 9.95. The van der Waals surface area contributed by atoms with E-state index in [1.807, 2.05) is 6.20 Å². The Labute approximate surface area is 121 Å². The molecular weight excluding hydrogens is 252 g/mol. The van der Waals surface area contributed by atoms with Crippen molar-refractivity contribution in [2.45, 2.75) is 25.8 Å². The number of nitrogens with one attached hydrogen (secondary N) is 1. The minimum absolute atomic E-state index is 0.313. The Hall–Kier alpha value is -0.910. The van der Waals surface area contributed by atoms with E-state index in [1.54, 1.807) is 6.20 Å². The topological polar surface area (TPSA) is 55.4 Å². The first kappa shape index (κ1) is 14.0. The third kappa shape index (κ3) is 3.40. The maximum absolute atomic E-state index is 9.64. The number of hydrogen-bond acceptors (Lipinski definition) is 4. The van der Waals surface area contributed by atoms with Gasteiger partial charge in [0.2, 0.25) is 0 Å². The predicted octanol–water partition coefficient (Wildman–Crippen LogP) is 0.936. The van der Waals surface area contributed by atoms with Crippen LogP contribution >= 0.6 is 0 Å². The standard InChI is InChI=1S/C15H26N4O/c20-12-14-10-19(11-15-16-4-5-17-15)9-13(14)8-18-6-2-1-3-7-18/h4-5,13-14,20H,1-3,6-12H2,(H,16,17)/t13-,14-/m0/s1. The molecule has 0 radical (unpaired) electrons. The molecule has 5 nitrogen and oxygen atoms in total. The third-order valence-electron chi connectivity index (χ3n) is 4.76. The van der Waals surface area contributed by atoms with E-state index >= 15 is 0 Å². The van der Waals surface area contributed by atoms with Gasteiger partial charge in [0.1, 0.15) is 5.82 Å². The number of nitrogens with zero attached hydrogens (tertiary/aromatic N) is 3. The number of imidazole rings is 1. The van der Waals surface area contributed by atoms with Gasteiger partial charge in [-0.15, -0.1) is 0 Å². The molecule has 0 saturated carbocycles. The molecule has 2 aliphatic heterocycles. The molecule has 0 spiro atoms. The molecule has 3 rings (SSSR count). The second kappa shape index (κ2) is 6.70. The summed E-state index contributed by atoms with van der Waals surface area (Å²) in [4.78, 5) is 12.5. The number of H-pyrrole nitrogens is 1. The molecule has 2 aliphatic rings. The van der Waals surface area contributed by atoms with Crippen molar-refractivity contribution in [2.75, 3.05) is 39.3 Å². The van der Waals surface area contributed by atoms with Crippen LogP contribution in [-0.2, 0) is 6.54 Å². The van der Waals surface area contributed by atoms with Crippen molar-refractivity contribution in [3.8, 4) is 0 Å². The highest BCUT2D eigenvalue weighted by atomic mass is 16.3. The Kier molecular flexibility index (Phi) is 4.70. The second-order valence-electron chi connectivity index (χ2n) is 6.29. The summed E-state index contributed by atoms with van der Waals surface area (Å²) in [5.74, 6) is 2.06. The summed E-state index contributed by atoms with van der Waals surface area (Å²) in [7, 11) is 0. The highest BCUT2D eigenvalue weighted by Gasteiger charge is 2.33. The van der Waals surface area contributed by atoms with Crippen LogP contribution in [0.5, 0.6) is 0 Å². The van der Waals surface area contributed by atoms with Gasteiger partial charge < -0.3 is 15.0 Å². The van der Waals surface area contributed by atoms with Gasteiger partial charge in [0.25, 0.3) is 0 Å². The number of likely N-dealkylation sites (tertiary alicyclic amines) is 2. The molecule has 2 N–H and O–H groups in total. The van der Waals surface area contributed by atoms with E-state index in [2.05, 4.69) is 19.8 Å². The SMILES string of the molecule is OC[C@@H]1CN(Cc2ncc[nH]2)C[C@@H]1CN1CCCCC1. The maximum Gasteiger partial charge on any atom is 0.120 e. The number of rotatable bonds is 5. The fraction of sp³-hybridized carbons (Fsp3) is 0.800. The van der Waals surface area contributed by atoms with E-state index in [9.17, 15) is 5.11 Å². The van der Waals surface area contributed by atoms with Gasteiger partial charge in [-0.25, -0.2) is 4.98 Å². The Morgan fingerprint density at radius 3 is 2.65 bits per heavy atom. The van der Waals surface area contributed by atoms with Crippen LogP contribution in [0.25, 0.3) is 0 Å². The lowest BCUT2D eigenvalue weighted by Gasteiger charge is -2.30. The van der Waals surface area contributed by atoms with E-state index < -0.39 is 0 Å². The van der Waals surface area contributed by atoms with E-state index in [0.29, 0.717) is 18.4 Å². The molecule has 0 unspecified atom stereocenters. The van der Waals surface area contributed by atoms with Crippen LogP contribution in [0.1, 0.15) is 25.1 Å². The number of hydrogen-bond donors (Lipinski definition) is 2. The Morgan fingerprint density at radius 2 is 1.95 bits per heavy atom. The molecular formula is C15H26N4O. The summed E-state index contributed by atoms with van der Waals surface area (Å²) in [5, 5.41) is 9.64. The largest absolute Gasteiger partial charge is 0.396 e. The number of piperidine rings is 1. The molecule has 2 saturated heterocycles. The minimum Gasteiger partial charge on any atom is -0.396 e. The molecule has 1 aromatic rings. The normalized spacial score (nSPS) is 29.1. The highest BCUT2D eigenvalue weighted by molar-refractivity contribution is 4.92. The van der Waals surface area contributed by atoms with Crippen molar-refractivity contribution in [3.05, 3.63) is 18.2 Å². The van der Waals surface area contributed by atoms with Gasteiger partial charge in [-0.3, -0.25) is 4.90 Å². The van der Waals surface area contributed by atoms with Gasteiger partial charge in [0.15, 0.2) is 0 Å². The summed E-state index contributed by atoms with van der Waals surface area (Å²) < 4.78 is 0. The molecule has 20 heavy (non-hydrogen) atoms. The predicted molar refractivity (Wildman–Crippen MR) is 78.2 cm³/mol. The van der Waals surface area contributed by atoms with Gasteiger partial charge in [-0.1, -0.05) is 6.42 Å². The molecule has 0 aromatic carbocycles. The van der Waals surface area contributed by atoms with Crippen LogP contribution in [0.3, 0.4) is 0 Å². The molecule has 0 aliphatic carbocycles. The summed E-state index contributed by atoms with van der Waals surface area (Å²) in [5.41, 5.74) is 0. The molecule has 2 atom stereocenters. The number of aliphatic hydroxyl groups is 1. The molecule has 1 aromatic heterocycles. The Bertz CT molecular complexity index is 389. The summed E-state index contributed by atoms with van der Waals surface area (Å²) in [6.45, 7) is 6.91. The molecule has 112 valence electrons.